The standard InChI is InChI=1S/C18H16N2O5/c1-20-14-6-5-11(9-13(14)19-18(20)22)17(21)25-10-12-3-2-4-15-16(12)24-8-7-23-15/h2-6,9H,7-8,10H2,1H3,(H,19,22). The lowest BCUT2D eigenvalue weighted by molar-refractivity contribution is 0.0466. The number of carbonyl (C=O) groups excluding carboxylic acids is 1. The molecule has 128 valence electrons. The number of para-hydroxylation sites is 1. The molecule has 25 heavy (non-hydrogen) atoms. The molecule has 0 fully saturated rings. The van der Waals surface area contributed by atoms with Crippen LogP contribution in [0.5, 0.6) is 11.5 Å². The number of esters is 1. The molecule has 0 unspecified atom stereocenters. The smallest absolute Gasteiger partial charge is 0.338 e. The van der Waals surface area contributed by atoms with Gasteiger partial charge in [0, 0.05) is 12.6 Å². The van der Waals surface area contributed by atoms with Gasteiger partial charge in [-0.2, -0.15) is 0 Å². The summed E-state index contributed by atoms with van der Waals surface area (Å²) >= 11 is 0. The maximum Gasteiger partial charge on any atom is 0.338 e. The van der Waals surface area contributed by atoms with E-state index in [2.05, 4.69) is 4.98 Å². The molecule has 0 saturated heterocycles. The van der Waals surface area contributed by atoms with Gasteiger partial charge in [0.05, 0.1) is 16.6 Å². The Morgan fingerprint density at radius 1 is 1.24 bits per heavy atom. The summed E-state index contributed by atoms with van der Waals surface area (Å²) in [6.45, 7) is 1.05. The topological polar surface area (TPSA) is 82.6 Å². The Labute approximate surface area is 142 Å². The molecule has 7 nitrogen and oxygen atoms in total. The van der Waals surface area contributed by atoms with Gasteiger partial charge < -0.3 is 19.2 Å². The monoisotopic (exact) mass is 340 g/mol. The lowest BCUT2D eigenvalue weighted by atomic mass is 10.2. The number of nitrogens with one attached hydrogen (secondary N) is 1. The number of carbonyl (C=O) groups is 1. The van der Waals surface area contributed by atoms with Gasteiger partial charge >= 0.3 is 11.7 Å². The summed E-state index contributed by atoms with van der Waals surface area (Å²) in [7, 11) is 1.67. The number of hydrogen-bond donors (Lipinski definition) is 1. The van der Waals surface area contributed by atoms with Gasteiger partial charge in [0.1, 0.15) is 19.8 Å². The molecule has 0 spiro atoms. The summed E-state index contributed by atoms with van der Waals surface area (Å²) in [5, 5.41) is 0. The van der Waals surface area contributed by atoms with Gasteiger partial charge in [0.25, 0.3) is 0 Å². The third kappa shape index (κ3) is 2.73. The van der Waals surface area contributed by atoms with Crippen molar-refractivity contribution in [2.45, 2.75) is 6.61 Å². The molecule has 7 heteroatoms. The van der Waals surface area contributed by atoms with E-state index in [1.165, 1.54) is 4.57 Å². The number of aromatic nitrogens is 2. The van der Waals surface area contributed by atoms with Gasteiger partial charge in [-0.25, -0.2) is 9.59 Å². The van der Waals surface area contributed by atoms with Crippen LogP contribution in [0.4, 0.5) is 0 Å². The van der Waals surface area contributed by atoms with E-state index in [1.807, 2.05) is 18.2 Å². The molecule has 1 aromatic heterocycles. The van der Waals surface area contributed by atoms with Gasteiger partial charge in [-0.1, -0.05) is 12.1 Å². The normalized spacial score (nSPS) is 13.0. The number of hydrogen-bond acceptors (Lipinski definition) is 5. The maximum absolute atomic E-state index is 12.3. The Kier molecular flexibility index (Phi) is 3.68. The molecule has 4 rings (SSSR count). The first kappa shape index (κ1) is 15.3. The number of benzene rings is 2. The van der Waals surface area contributed by atoms with E-state index >= 15 is 0 Å². The van der Waals surface area contributed by atoms with Crippen LogP contribution in [-0.2, 0) is 18.4 Å². The van der Waals surface area contributed by atoms with Crippen molar-refractivity contribution in [3.63, 3.8) is 0 Å². The molecule has 0 radical (unpaired) electrons. The second-order valence-corrected chi connectivity index (χ2v) is 5.74. The summed E-state index contributed by atoms with van der Waals surface area (Å²) < 4.78 is 18.0. The third-order valence-electron chi connectivity index (χ3n) is 4.15. The largest absolute Gasteiger partial charge is 0.486 e. The summed E-state index contributed by atoms with van der Waals surface area (Å²) in [5.41, 5.74) is 2.21. The summed E-state index contributed by atoms with van der Waals surface area (Å²) in [5.74, 6) is 0.799. The molecule has 1 N–H and O–H groups in total. The van der Waals surface area contributed by atoms with Gasteiger partial charge in [-0.15, -0.1) is 0 Å². The number of imidazole rings is 1. The van der Waals surface area contributed by atoms with Crippen molar-refractivity contribution < 1.29 is 19.0 Å². The first-order valence-electron chi connectivity index (χ1n) is 7.87. The predicted molar refractivity (Wildman–Crippen MR) is 90.1 cm³/mol. The molecule has 2 heterocycles. The molecule has 3 aromatic rings. The summed E-state index contributed by atoms with van der Waals surface area (Å²) in [4.78, 5) is 26.7. The Morgan fingerprint density at radius 2 is 2.08 bits per heavy atom. The van der Waals surface area contributed by atoms with Crippen LogP contribution in [0.3, 0.4) is 0 Å². The minimum atomic E-state index is -0.471. The van der Waals surface area contributed by atoms with Gasteiger partial charge in [-0.3, -0.25) is 4.57 Å². The van der Waals surface area contributed by atoms with Crippen molar-refractivity contribution in [3.05, 3.63) is 58.0 Å². The molecule has 2 aromatic carbocycles. The van der Waals surface area contributed by atoms with Crippen molar-refractivity contribution >= 4 is 17.0 Å². The molecule has 0 aliphatic carbocycles. The molecule has 1 aliphatic rings. The van der Waals surface area contributed by atoms with Crippen LogP contribution in [-0.4, -0.2) is 28.7 Å². The van der Waals surface area contributed by atoms with Crippen molar-refractivity contribution in [1.29, 1.82) is 0 Å². The second kappa shape index (κ2) is 6.01. The fraction of sp³-hybridized carbons (Fsp3) is 0.222. The highest BCUT2D eigenvalue weighted by molar-refractivity contribution is 5.93. The van der Waals surface area contributed by atoms with E-state index in [0.717, 1.165) is 11.1 Å². The number of rotatable bonds is 3. The van der Waals surface area contributed by atoms with E-state index < -0.39 is 5.97 Å². The van der Waals surface area contributed by atoms with E-state index in [9.17, 15) is 9.59 Å². The molecule has 1 aliphatic heterocycles. The Balaban J connectivity index is 1.54. The van der Waals surface area contributed by atoms with E-state index in [1.54, 1.807) is 25.2 Å². The number of fused-ring (bicyclic) bond motifs is 2. The molecule has 0 saturated carbocycles. The zero-order valence-electron chi connectivity index (χ0n) is 13.6. The van der Waals surface area contributed by atoms with Crippen LogP contribution in [0.1, 0.15) is 15.9 Å². The first-order valence-corrected chi connectivity index (χ1v) is 7.87. The lowest BCUT2D eigenvalue weighted by Gasteiger charge is -2.20. The average molecular weight is 340 g/mol. The van der Waals surface area contributed by atoms with Crippen LogP contribution in [0, 0.1) is 0 Å². The van der Waals surface area contributed by atoms with E-state index in [0.29, 0.717) is 35.8 Å². The zero-order valence-corrected chi connectivity index (χ0v) is 13.6. The minimum absolute atomic E-state index is 0.0781. The molecule has 0 atom stereocenters. The Bertz CT molecular complexity index is 1020. The van der Waals surface area contributed by atoms with Crippen LogP contribution >= 0.6 is 0 Å². The lowest BCUT2D eigenvalue weighted by Crippen LogP contribution is -2.17. The predicted octanol–water partition coefficient (Wildman–Crippen LogP) is 1.99. The Morgan fingerprint density at radius 3 is 2.96 bits per heavy atom. The number of H-pyrrole nitrogens is 1. The molecule has 0 amide bonds. The van der Waals surface area contributed by atoms with Gasteiger partial charge in [0.15, 0.2) is 11.5 Å². The Hall–Kier alpha value is -3.22. The number of nitrogens with zero attached hydrogens (tertiary/aromatic N) is 1. The van der Waals surface area contributed by atoms with Crippen molar-refractivity contribution in [3.8, 4) is 11.5 Å². The summed E-state index contributed by atoms with van der Waals surface area (Å²) in [6, 6.07) is 10.4. The molecule has 0 bridgehead atoms. The maximum atomic E-state index is 12.3. The fourth-order valence-electron chi connectivity index (χ4n) is 2.84. The van der Waals surface area contributed by atoms with Crippen molar-refractivity contribution in [2.24, 2.45) is 7.05 Å². The fourth-order valence-corrected chi connectivity index (χ4v) is 2.84. The highest BCUT2D eigenvalue weighted by atomic mass is 16.6. The van der Waals surface area contributed by atoms with E-state index in [-0.39, 0.29) is 12.3 Å². The third-order valence-corrected chi connectivity index (χ3v) is 4.15. The number of aryl methyl sites for hydroxylation is 1. The molecular weight excluding hydrogens is 324 g/mol. The summed E-state index contributed by atoms with van der Waals surface area (Å²) in [6.07, 6.45) is 0. The highest BCUT2D eigenvalue weighted by Crippen LogP contribution is 2.34. The second-order valence-electron chi connectivity index (χ2n) is 5.74. The quantitative estimate of drug-likeness (QED) is 0.738. The minimum Gasteiger partial charge on any atom is -0.486 e. The highest BCUT2D eigenvalue weighted by Gasteiger charge is 2.17. The van der Waals surface area contributed by atoms with Gasteiger partial charge in [0.2, 0.25) is 0 Å². The zero-order chi connectivity index (χ0) is 17.4. The molecular formula is C18H16N2O5. The van der Waals surface area contributed by atoms with Crippen LogP contribution in [0.15, 0.2) is 41.2 Å². The van der Waals surface area contributed by atoms with Crippen molar-refractivity contribution in [1.82, 2.24) is 9.55 Å². The van der Waals surface area contributed by atoms with Crippen molar-refractivity contribution in [2.75, 3.05) is 13.2 Å². The number of ether oxygens (including phenoxy) is 3. The van der Waals surface area contributed by atoms with Crippen LogP contribution in [0.2, 0.25) is 0 Å². The average Bonchev–Trinajstić information content (AvgIpc) is 2.93. The SMILES string of the molecule is Cn1c(=O)[nH]c2cc(C(=O)OCc3cccc4c3OCCO4)ccc21. The number of aromatic amines is 1. The first-order chi connectivity index (χ1) is 12.1. The van der Waals surface area contributed by atoms with Crippen LogP contribution < -0.4 is 15.2 Å². The van der Waals surface area contributed by atoms with Gasteiger partial charge in [-0.05, 0) is 24.3 Å². The van der Waals surface area contributed by atoms with Crippen LogP contribution in [0.25, 0.3) is 11.0 Å². The van der Waals surface area contributed by atoms with E-state index in [4.69, 9.17) is 14.2 Å².